The molecular formula is C21H20N4O+2. The van der Waals surface area contributed by atoms with Gasteiger partial charge in [0.2, 0.25) is 19.3 Å². The summed E-state index contributed by atoms with van der Waals surface area (Å²) in [6.45, 7) is 2.43. The van der Waals surface area contributed by atoms with Crippen LogP contribution in [0.1, 0.15) is 11.1 Å². The maximum atomic E-state index is 6.10. The van der Waals surface area contributed by atoms with E-state index in [2.05, 4.69) is 80.0 Å². The van der Waals surface area contributed by atoms with Gasteiger partial charge in [-0.05, 0) is 35.4 Å². The van der Waals surface area contributed by atoms with Gasteiger partial charge in [-0.1, -0.05) is 24.3 Å². The van der Waals surface area contributed by atoms with E-state index in [1.54, 1.807) is 0 Å². The summed E-state index contributed by atoms with van der Waals surface area (Å²) in [5.74, 6) is 1.73. The first kappa shape index (κ1) is 15.0. The fraction of sp³-hybridized carbons (Fsp3) is 0.143. The minimum Gasteiger partial charge on any atom is -0.457 e. The van der Waals surface area contributed by atoms with Crippen molar-refractivity contribution >= 4 is 0 Å². The maximum Gasteiger partial charge on any atom is 0.247 e. The van der Waals surface area contributed by atoms with Crippen molar-refractivity contribution in [2.75, 3.05) is 0 Å². The lowest BCUT2D eigenvalue weighted by Gasteiger charge is -2.08. The second kappa shape index (κ2) is 6.19. The lowest BCUT2D eigenvalue weighted by atomic mass is 10.2. The van der Waals surface area contributed by atoms with Crippen molar-refractivity contribution in [2.24, 2.45) is 0 Å². The molecule has 0 spiro atoms. The molecule has 128 valence electrons. The first-order valence-corrected chi connectivity index (χ1v) is 8.76. The fourth-order valence-electron chi connectivity index (χ4n) is 3.39. The summed E-state index contributed by atoms with van der Waals surface area (Å²) in [5, 5.41) is 0. The van der Waals surface area contributed by atoms with Crippen molar-refractivity contribution in [3.63, 3.8) is 0 Å². The normalized spacial score (nSPS) is 13.2. The van der Waals surface area contributed by atoms with E-state index in [1.165, 1.54) is 11.1 Å². The van der Waals surface area contributed by atoms with E-state index in [0.29, 0.717) is 0 Å². The highest BCUT2D eigenvalue weighted by Gasteiger charge is 2.11. The predicted molar refractivity (Wildman–Crippen MR) is 95.8 cm³/mol. The molecule has 26 heavy (non-hydrogen) atoms. The van der Waals surface area contributed by atoms with Crippen molar-refractivity contribution < 1.29 is 13.9 Å². The van der Waals surface area contributed by atoms with Gasteiger partial charge in [-0.3, -0.25) is 0 Å². The molecule has 1 aliphatic rings. The van der Waals surface area contributed by atoms with Gasteiger partial charge < -0.3 is 4.74 Å². The van der Waals surface area contributed by atoms with Crippen LogP contribution in [0.4, 0.5) is 0 Å². The van der Waals surface area contributed by atoms with Gasteiger partial charge in [0.15, 0.2) is 0 Å². The van der Waals surface area contributed by atoms with Crippen molar-refractivity contribution in [3.05, 3.63) is 97.1 Å². The van der Waals surface area contributed by atoms with Crippen LogP contribution in [0.2, 0.25) is 0 Å². The molecule has 0 saturated carbocycles. The molecule has 0 atom stereocenters. The van der Waals surface area contributed by atoms with Crippen LogP contribution in [0, 0.1) is 0 Å². The van der Waals surface area contributed by atoms with Gasteiger partial charge in [-0.15, -0.1) is 0 Å². The number of ether oxygens (including phenoxy) is 1. The Labute approximate surface area is 152 Å². The Balaban J connectivity index is 1.57. The fourth-order valence-corrected chi connectivity index (χ4v) is 3.39. The lowest BCUT2D eigenvalue weighted by molar-refractivity contribution is -0.912. The SMILES string of the molecule is c1cc2cc(c1)Oc1cccc(c1)Cn1cc[n+](c1)C[n+]1ccn(c1)C2. The molecule has 5 rings (SSSR count). The molecule has 3 heterocycles. The Morgan fingerprint density at radius 3 is 1.81 bits per heavy atom. The van der Waals surface area contributed by atoms with Crippen LogP contribution in [-0.2, 0) is 19.8 Å². The molecule has 0 saturated heterocycles. The van der Waals surface area contributed by atoms with Crippen molar-refractivity contribution in [1.29, 1.82) is 0 Å². The van der Waals surface area contributed by atoms with Crippen molar-refractivity contribution in [1.82, 2.24) is 9.13 Å². The van der Waals surface area contributed by atoms with Gasteiger partial charge in [0.1, 0.15) is 49.4 Å². The van der Waals surface area contributed by atoms with Crippen molar-refractivity contribution in [2.45, 2.75) is 19.8 Å². The summed E-state index contributed by atoms with van der Waals surface area (Å²) in [6.07, 6.45) is 12.7. The minimum absolute atomic E-state index is 0.795. The van der Waals surface area contributed by atoms with Gasteiger partial charge in [-0.25, -0.2) is 9.13 Å². The van der Waals surface area contributed by atoms with Crippen molar-refractivity contribution in [3.8, 4) is 11.5 Å². The van der Waals surface area contributed by atoms with Crippen LogP contribution in [0.25, 0.3) is 0 Å². The van der Waals surface area contributed by atoms with E-state index >= 15 is 0 Å². The summed E-state index contributed by atoms with van der Waals surface area (Å²) in [5.41, 5.74) is 2.43. The third kappa shape index (κ3) is 3.11. The van der Waals surface area contributed by atoms with Gasteiger partial charge in [0.25, 0.3) is 0 Å². The van der Waals surface area contributed by atoms with Gasteiger partial charge in [0, 0.05) is 0 Å². The van der Waals surface area contributed by atoms with E-state index < -0.39 is 0 Å². The maximum absolute atomic E-state index is 6.10. The van der Waals surface area contributed by atoms with E-state index in [0.717, 1.165) is 31.3 Å². The van der Waals surface area contributed by atoms with E-state index in [9.17, 15) is 0 Å². The first-order chi connectivity index (χ1) is 12.8. The molecular weight excluding hydrogens is 324 g/mol. The molecule has 0 amide bonds. The number of hydrogen-bond acceptors (Lipinski definition) is 1. The summed E-state index contributed by atoms with van der Waals surface area (Å²) < 4.78 is 14.8. The standard InChI is InChI=1S/C21H20N4O/c1-3-18-11-20(5-1)26-21-6-2-4-19(12-21)14-23-8-10-25(16-23)17-24-9-7-22(13-18)15-24/h1-12,15-16H,13-14,17H2/q+2. The van der Waals surface area contributed by atoms with Crippen LogP contribution in [-0.4, -0.2) is 9.13 Å². The zero-order valence-corrected chi connectivity index (χ0v) is 14.4. The molecule has 0 aliphatic carbocycles. The molecule has 0 fully saturated rings. The number of aromatic nitrogens is 4. The summed E-state index contributed by atoms with van der Waals surface area (Å²) in [7, 11) is 0. The molecule has 5 nitrogen and oxygen atoms in total. The number of fused-ring (bicyclic) bond motifs is 8. The second-order valence-corrected chi connectivity index (χ2v) is 6.74. The van der Waals surface area contributed by atoms with E-state index in [-0.39, 0.29) is 0 Å². The number of nitrogens with zero attached hydrogens (tertiary/aromatic N) is 4. The highest BCUT2D eigenvalue weighted by atomic mass is 16.5. The minimum atomic E-state index is 0.795. The van der Waals surface area contributed by atoms with E-state index in [1.807, 2.05) is 24.3 Å². The largest absolute Gasteiger partial charge is 0.457 e. The number of benzene rings is 2. The topological polar surface area (TPSA) is 26.8 Å². The highest BCUT2D eigenvalue weighted by molar-refractivity contribution is 5.36. The van der Waals surface area contributed by atoms with Gasteiger partial charge in [0.05, 0.1) is 0 Å². The molecule has 8 bridgehead atoms. The summed E-state index contributed by atoms with van der Waals surface area (Å²) in [6, 6.07) is 16.6. The zero-order chi connectivity index (χ0) is 17.3. The Kier molecular flexibility index (Phi) is 3.56. The Morgan fingerprint density at radius 1 is 0.731 bits per heavy atom. The smallest absolute Gasteiger partial charge is 0.247 e. The van der Waals surface area contributed by atoms with Crippen LogP contribution in [0.3, 0.4) is 0 Å². The molecule has 1 aliphatic heterocycles. The van der Waals surface area contributed by atoms with E-state index in [4.69, 9.17) is 4.74 Å². The molecule has 5 heteroatoms. The molecule has 0 radical (unpaired) electrons. The number of rotatable bonds is 0. The van der Waals surface area contributed by atoms with Gasteiger partial charge in [-0.2, -0.15) is 9.13 Å². The van der Waals surface area contributed by atoms with Gasteiger partial charge >= 0.3 is 0 Å². The van der Waals surface area contributed by atoms with Crippen LogP contribution in [0.15, 0.2) is 86.0 Å². The first-order valence-electron chi connectivity index (χ1n) is 8.76. The lowest BCUT2D eigenvalue weighted by Crippen LogP contribution is -2.49. The Morgan fingerprint density at radius 2 is 1.27 bits per heavy atom. The zero-order valence-electron chi connectivity index (χ0n) is 14.4. The van der Waals surface area contributed by atoms with Crippen LogP contribution >= 0.6 is 0 Å². The molecule has 0 unspecified atom stereocenters. The average Bonchev–Trinajstić information content (AvgIpc) is 3.25. The van der Waals surface area contributed by atoms with Crippen LogP contribution in [0.5, 0.6) is 11.5 Å². The molecule has 0 N–H and O–H groups in total. The third-order valence-electron chi connectivity index (χ3n) is 4.58. The third-order valence-corrected chi connectivity index (χ3v) is 4.58. The summed E-state index contributed by atoms with van der Waals surface area (Å²) >= 11 is 0. The molecule has 2 aromatic carbocycles. The van der Waals surface area contributed by atoms with Crippen LogP contribution < -0.4 is 13.9 Å². The molecule has 2 aromatic heterocycles. The quantitative estimate of drug-likeness (QED) is 0.397. The monoisotopic (exact) mass is 344 g/mol. The molecule has 4 aromatic rings. The highest BCUT2D eigenvalue weighted by Crippen LogP contribution is 2.24. The predicted octanol–water partition coefficient (Wildman–Crippen LogP) is 2.57. The summed E-state index contributed by atoms with van der Waals surface area (Å²) in [4.78, 5) is 0. The second-order valence-electron chi connectivity index (χ2n) is 6.74. The Hall–Kier alpha value is -3.34. The Bertz CT molecular complexity index is 979. The number of hydrogen-bond donors (Lipinski definition) is 0. The number of imidazole rings is 2. The average molecular weight is 344 g/mol.